The van der Waals surface area contributed by atoms with Gasteiger partial charge in [-0.2, -0.15) is 0 Å². The van der Waals surface area contributed by atoms with Crippen LogP contribution in [0.5, 0.6) is 0 Å². The van der Waals surface area contributed by atoms with Crippen LogP contribution < -0.4 is 5.32 Å². The largest absolute Gasteiger partial charge is 0.467 e. The van der Waals surface area contributed by atoms with Gasteiger partial charge in [0.2, 0.25) is 5.91 Å². The fourth-order valence-electron chi connectivity index (χ4n) is 1.44. The van der Waals surface area contributed by atoms with Crippen LogP contribution in [0.25, 0.3) is 6.08 Å². The fourth-order valence-corrected chi connectivity index (χ4v) is 1.44. The summed E-state index contributed by atoms with van der Waals surface area (Å²) in [5.74, 6) is -1.16. The molecule has 0 heterocycles. The van der Waals surface area contributed by atoms with Gasteiger partial charge in [0.25, 0.3) is 0 Å². The number of aliphatic hydroxyl groups is 1. The van der Waals surface area contributed by atoms with Gasteiger partial charge in [-0.3, -0.25) is 4.79 Å². The molecule has 0 aromatic heterocycles. The van der Waals surface area contributed by atoms with Crippen molar-refractivity contribution in [1.82, 2.24) is 5.32 Å². The van der Waals surface area contributed by atoms with Crippen LogP contribution in [0, 0.1) is 0 Å². The maximum atomic E-state index is 11.6. The van der Waals surface area contributed by atoms with E-state index in [1.165, 1.54) is 20.1 Å². The molecule has 1 rings (SSSR count). The second kappa shape index (κ2) is 7.33. The normalized spacial score (nSPS) is 13.8. The number of aliphatic hydroxyl groups excluding tert-OH is 1. The lowest BCUT2D eigenvalue weighted by atomic mass is 10.1. The highest BCUT2D eigenvalue weighted by Gasteiger charge is 2.25. The second-order valence-corrected chi connectivity index (χ2v) is 3.99. The van der Waals surface area contributed by atoms with Crippen LogP contribution in [0.15, 0.2) is 36.4 Å². The molecule has 0 aliphatic carbocycles. The van der Waals surface area contributed by atoms with E-state index in [0.29, 0.717) is 0 Å². The van der Waals surface area contributed by atoms with Crippen molar-refractivity contribution in [1.29, 1.82) is 0 Å². The van der Waals surface area contributed by atoms with Gasteiger partial charge in [-0.1, -0.05) is 30.3 Å². The number of amides is 1. The van der Waals surface area contributed by atoms with E-state index < -0.39 is 24.0 Å². The highest BCUT2D eigenvalue weighted by atomic mass is 16.5. The molecule has 1 aromatic carbocycles. The van der Waals surface area contributed by atoms with Crippen LogP contribution in [0.1, 0.15) is 12.5 Å². The van der Waals surface area contributed by atoms with Crippen molar-refractivity contribution in [2.45, 2.75) is 19.1 Å². The summed E-state index contributed by atoms with van der Waals surface area (Å²) < 4.78 is 4.50. The molecule has 2 N–H and O–H groups in total. The zero-order valence-corrected chi connectivity index (χ0v) is 10.9. The molecule has 1 amide bonds. The number of carbonyl (C=O) groups excluding carboxylic acids is 2. The summed E-state index contributed by atoms with van der Waals surface area (Å²) in [5, 5.41) is 11.8. The molecule has 2 atom stereocenters. The molecule has 0 aliphatic heterocycles. The first-order valence-corrected chi connectivity index (χ1v) is 5.84. The Hall–Kier alpha value is -2.14. The number of hydrogen-bond donors (Lipinski definition) is 2. The summed E-state index contributed by atoms with van der Waals surface area (Å²) in [6.45, 7) is 1.41. The lowest BCUT2D eigenvalue weighted by molar-refractivity contribution is -0.147. The number of rotatable bonds is 5. The summed E-state index contributed by atoms with van der Waals surface area (Å²) in [6, 6.07) is 8.19. The van der Waals surface area contributed by atoms with Crippen LogP contribution in [0.2, 0.25) is 0 Å². The Balaban J connectivity index is 2.63. The molecule has 0 fully saturated rings. The minimum Gasteiger partial charge on any atom is -0.467 e. The summed E-state index contributed by atoms with van der Waals surface area (Å²) in [6.07, 6.45) is 1.89. The fraction of sp³-hybridized carbons (Fsp3) is 0.286. The molecule has 102 valence electrons. The van der Waals surface area contributed by atoms with Gasteiger partial charge >= 0.3 is 5.97 Å². The van der Waals surface area contributed by atoms with Crippen molar-refractivity contribution in [2.24, 2.45) is 0 Å². The van der Waals surface area contributed by atoms with Crippen LogP contribution in [-0.2, 0) is 14.3 Å². The molecular formula is C14H17NO4. The number of esters is 1. The van der Waals surface area contributed by atoms with Crippen molar-refractivity contribution in [2.75, 3.05) is 7.11 Å². The lowest BCUT2D eigenvalue weighted by Crippen LogP contribution is -2.47. The van der Waals surface area contributed by atoms with Crippen molar-refractivity contribution in [3.63, 3.8) is 0 Å². The molecule has 0 saturated carbocycles. The minimum atomic E-state index is -1.07. The highest BCUT2D eigenvalue weighted by Crippen LogP contribution is 2.01. The van der Waals surface area contributed by atoms with Crippen LogP contribution in [0.3, 0.4) is 0 Å². The maximum Gasteiger partial charge on any atom is 0.331 e. The van der Waals surface area contributed by atoms with E-state index in [9.17, 15) is 14.7 Å². The molecule has 5 heteroatoms. The van der Waals surface area contributed by atoms with Gasteiger partial charge in [0, 0.05) is 6.08 Å². The quantitative estimate of drug-likeness (QED) is 0.607. The van der Waals surface area contributed by atoms with Gasteiger partial charge in [-0.15, -0.1) is 0 Å². The smallest absolute Gasteiger partial charge is 0.331 e. The average molecular weight is 263 g/mol. The zero-order chi connectivity index (χ0) is 14.3. The van der Waals surface area contributed by atoms with E-state index >= 15 is 0 Å². The average Bonchev–Trinajstić information content (AvgIpc) is 2.42. The topological polar surface area (TPSA) is 75.6 Å². The highest BCUT2D eigenvalue weighted by molar-refractivity contribution is 5.94. The van der Waals surface area contributed by atoms with Crippen LogP contribution in [-0.4, -0.2) is 36.2 Å². The Morgan fingerprint density at radius 3 is 2.47 bits per heavy atom. The van der Waals surface area contributed by atoms with E-state index in [1.807, 2.05) is 30.3 Å². The first-order valence-electron chi connectivity index (χ1n) is 5.84. The SMILES string of the molecule is COC(=O)C(NC(=O)/C=C/c1ccccc1)C(C)O. The summed E-state index contributed by atoms with van der Waals surface area (Å²) in [4.78, 5) is 23.0. The number of benzene rings is 1. The van der Waals surface area contributed by atoms with E-state index in [1.54, 1.807) is 6.08 Å². The van der Waals surface area contributed by atoms with E-state index in [0.717, 1.165) is 5.56 Å². The van der Waals surface area contributed by atoms with Gasteiger partial charge in [0.15, 0.2) is 6.04 Å². The summed E-state index contributed by atoms with van der Waals surface area (Å²) >= 11 is 0. The summed E-state index contributed by atoms with van der Waals surface area (Å²) in [5.41, 5.74) is 0.865. The molecule has 0 aliphatic rings. The molecule has 0 spiro atoms. The number of methoxy groups -OCH3 is 1. The molecule has 0 radical (unpaired) electrons. The van der Waals surface area contributed by atoms with Gasteiger partial charge in [-0.05, 0) is 18.6 Å². The van der Waals surface area contributed by atoms with Crippen molar-refractivity contribution >= 4 is 18.0 Å². The van der Waals surface area contributed by atoms with Crippen LogP contribution >= 0.6 is 0 Å². The van der Waals surface area contributed by atoms with E-state index in [-0.39, 0.29) is 0 Å². The maximum absolute atomic E-state index is 11.6. The van der Waals surface area contributed by atoms with E-state index in [4.69, 9.17) is 0 Å². The monoisotopic (exact) mass is 263 g/mol. The predicted octanol–water partition coefficient (Wildman–Crippen LogP) is 0.738. The predicted molar refractivity (Wildman–Crippen MR) is 71.1 cm³/mol. The van der Waals surface area contributed by atoms with Crippen molar-refractivity contribution in [3.05, 3.63) is 42.0 Å². The van der Waals surface area contributed by atoms with Crippen molar-refractivity contribution in [3.8, 4) is 0 Å². The van der Waals surface area contributed by atoms with Gasteiger partial charge in [0.1, 0.15) is 0 Å². The van der Waals surface area contributed by atoms with Gasteiger partial charge < -0.3 is 15.2 Å². The lowest BCUT2D eigenvalue weighted by Gasteiger charge is -2.17. The first kappa shape index (κ1) is 14.9. The molecule has 0 saturated heterocycles. The standard InChI is InChI=1S/C14H17NO4/c1-10(16)13(14(18)19-2)15-12(17)9-8-11-6-4-3-5-7-11/h3-10,13,16H,1-2H3,(H,15,17)/b9-8+. The molecule has 5 nitrogen and oxygen atoms in total. The third-order valence-electron chi connectivity index (χ3n) is 2.46. The second-order valence-electron chi connectivity index (χ2n) is 3.99. The molecule has 19 heavy (non-hydrogen) atoms. The third kappa shape index (κ3) is 4.93. The Kier molecular flexibility index (Phi) is 5.75. The number of ether oxygens (including phenoxy) is 1. The molecular weight excluding hydrogens is 246 g/mol. The zero-order valence-electron chi connectivity index (χ0n) is 10.9. The van der Waals surface area contributed by atoms with Crippen molar-refractivity contribution < 1.29 is 19.4 Å². The molecule has 2 unspecified atom stereocenters. The van der Waals surface area contributed by atoms with Gasteiger partial charge in [0.05, 0.1) is 13.2 Å². The Morgan fingerprint density at radius 2 is 1.95 bits per heavy atom. The minimum absolute atomic E-state index is 0.472. The summed E-state index contributed by atoms with van der Waals surface area (Å²) in [7, 11) is 1.20. The Morgan fingerprint density at radius 1 is 1.32 bits per heavy atom. The first-order chi connectivity index (χ1) is 9.04. The van der Waals surface area contributed by atoms with Gasteiger partial charge in [-0.25, -0.2) is 4.79 Å². The van der Waals surface area contributed by atoms with Crippen LogP contribution in [0.4, 0.5) is 0 Å². The molecule has 0 bridgehead atoms. The number of nitrogens with one attached hydrogen (secondary N) is 1. The van der Waals surface area contributed by atoms with E-state index in [2.05, 4.69) is 10.1 Å². The molecule has 1 aromatic rings. The Labute approximate surface area is 111 Å². The number of hydrogen-bond acceptors (Lipinski definition) is 4. The third-order valence-corrected chi connectivity index (χ3v) is 2.46. The number of carbonyl (C=O) groups is 2. The Bertz CT molecular complexity index is 454.